The topological polar surface area (TPSA) is 42.3 Å². The Bertz CT molecular complexity index is 185. The second kappa shape index (κ2) is 2.68. The van der Waals surface area contributed by atoms with E-state index < -0.39 is 0 Å². The van der Waals surface area contributed by atoms with E-state index in [1.807, 2.05) is 0 Å². The van der Waals surface area contributed by atoms with Gasteiger partial charge in [-0.1, -0.05) is 5.18 Å². The van der Waals surface area contributed by atoms with Crippen molar-refractivity contribution in [1.82, 2.24) is 4.98 Å². The van der Waals surface area contributed by atoms with Crippen molar-refractivity contribution in [3.8, 4) is 0 Å². The van der Waals surface area contributed by atoms with E-state index in [1.54, 1.807) is 18.6 Å². The maximum Gasteiger partial charge on any atom is 0.125 e. The Kier molecular flexibility index (Phi) is 1.89. The summed E-state index contributed by atoms with van der Waals surface area (Å²) < 4.78 is 0. The van der Waals surface area contributed by atoms with E-state index in [1.165, 1.54) is 11.3 Å². The lowest BCUT2D eigenvalue weighted by molar-refractivity contribution is 0.828. The van der Waals surface area contributed by atoms with Crippen molar-refractivity contribution >= 4 is 11.3 Å². The molecular weight excluding hydrogens is 136 g/mol. The first kappa shape index (κ1) is 6.35. The Balaban J connectivity index is 2.76. The lowest BCUT2D eigenvalue weighted by Gasteiger charge is -1.92. The van der Waals surface area contributed by atoms with E-state index in [4.69, 9.17) is 0 Å². The quantitative estimate of drug-likeness (QED) is 0.592. The molecule has 0 N–H and O–H groups in total. The van der Waals surface area contributed by atoms with Crippen LogP contribution >= 0.6 is 11.3 Å². The van der Waals surface area contributed by atoms with E-state index in [0.29, 0.717) is 0 Å². The zero-order chi connectivity index (χ0) is 6.69. The van der Waals surface area contributed by atoms with Crippen molar-refractivity contribution < 1.29 is 0 Å². The average Bonchev–Trinajstić information content (AvgIpc) is 2.37. The maximum atomic E-state index is 9.93. The molecule has 1 unspecified atom stereocenters. The second-order valence-corrected chi connectivity index (χ2v) is 2.60. The molecule has 1 heterocycles. The molecule has 1 rings (SSSR count). The molecule has 0 spiro atoms. The fourth-order valence-corrected chi connectivity index (χ4v) is 1.09. The third-order valence-corrected chi connectivity index (χ3v) is 1.97. The number of hydrogen-bond acceptors (Lipinski definition) is 4. The first-order valence-electron chi connectivity index (χ1n) is 2.55. The molecule has 4 heteroatoms. The Labute approximate surface area is 56.7 Å². The van der Waals surface area contributed by atoms with Gasteiger partial charge in [-0.2, -0.15) is 4.91 Å². The molecule has 0 saturated carbocycles. The predicted molar refractivity (Wildman–Crippen MR) is 36.3 cm³/mol. The smallest absolute Gasteiger partial charge is 0.125 e. The van der Waals surface area contributed by atoms with Gasteiger partial charge in [-0.3, -0.25) is 4.98 Å². The van der Waals surface area contributed by atoms with Gasteiger partial charge in [0.1, 0.15) is 6.04 Å². The summed E-state index contributed by atoms with van der Waals surface area (Å²) in [6.07, 6.45) is 1.66. The van der Waals surface area contributed by atoms with Crippen LogP contribution in [0.1, 0.15) is 17.8 Å². The molecule has 9 heavy (non-hydrogen) atoms. The van der Waals surface area contributed by atoms with Gasteiger partial charge < -0.3 is 0 Å². The number of hydrogen-bond donors (Lipinski definition) is 0. The van der Waals surface area contributed by atoms with Crippen LogP contribution in [0.15, 0.2) is 16.9 Å². The van der Waals surface area contributed by atoms with Crippen LogP contribution in [0, 0.1) is 4.91 Å². The highest BCUT2D eigenvalue weighted by Gasteiger charge is 2.04. The highest BCUT2D eigenvalue weighted by atomic mass is 32.1. The van der Waals surface area contributed by atoms with Crippen LogP contribution in [0.25, 0.3) is 0 Å². The number of aromatic nitrogens is 1. The first-order valence-corrected chi connectivity index (χ1v) is 3.43. The lowest BCUT2D eigenvalue weighted by Crippen LogP contribution is -1.80. The molecule has 48 valence electrons. The minimum absolute atomic E-state index is 0.238. The fraction of sp³-hybridized carbons (Fsp3) is 0.400. The van der Waals surface area contributed by atoms with Crippen molar-refractivity contribution in [2.24, 2.45) is 5.18 Å². The summed E-state index contributed by atoms with van der Waals surface area (Å²) in [7, 11) is 0. The van der Waals surface area contributed by atoms with Crippen LogP contribution < -0.4 is 0 Å². The molecular formula is C5H6N2OS. The van der Waals surface area contributed by atoms with Gasteiger partial charge in [0.05, 0.1) is 10.4 Å². The molecule has 1 aromatic rings. The van der Waals surface area contributed by atoms with E-state index in [-0.39, 0.29) is 6.04 Å². The SMILES string of the molecule is CC(N=O)c1cncs1. The van der Waals surface area contributed by atoms with E-state index in [9.17, 15) is 4.91 Å². The molecule has 0 amide bonds. The third kappa shape index (κ3) is 1.32. The summed E-state index contributed by atoms with van der Waals surface area (Å²) in [5.41, 5.74) is 1.69. The summed E-state index contributed by atoms with van der Waals surface area (Å²) in [5.74, 6) is 0. The summed E-state index contributed by atoms with van der Waals surface area (Å²) in [4.78, 5) is 14.7. The molecule has 0 saturated heterocycles. The first-order chi connectivity index (χ1) is 4.34. The van der Waals surface area contributed by atoms with Crippen molar-refractivity contribution in [1.29, 1.82) is 0 Å². The average molecular weight is 142 g/mol. The van der Waals surface area contributed by atoms with Crippen molar-refractivity contribution in [3.63, 3.8) is 0 Å². The second-order valence-electron chi connectivity index (χ2n) is 1.69. The highest BCUT2D eigenvalue weighted by Crippen LogP contribution is 2.18. The van der Waals surface area contributed by atoms with Gasteiger partial charge in [-0.05, 0) is 6.92 Å². The van der Waals surface area contributed by atoms with Crippen LogP contribution in [0.4, 0.5) is 0 Å². The van der Waals surface area contributed by atoms with Crippen LogP contribution in [0.5, 0.6) is 0 Å². The van der Waals surface area contributed by atoms with Crippen LogP contribution in [0.2, 0.25) is 0 Å². The van der Waals surface area contributed by atoms with Gasteiger partial charge in [0.15, 0.2) is 0 Å². The molecule has 1 aromatic heterocycles. The highest BCUT2D eigenvalue weighted by molar-refractivity contribution is 7.09. The number of nitrogens with zero attached hydrogens (tertiary/aromatic N) is 2. The van der Waals surface area contributed by atoms with Crippen LogP contribution in [0.3, 0.4) is 0 Å². The van der Waals surface area contributed by atoms with Crippen molar-refractivity contribution in [2.45, 2.75) is 13.0 Å². The predicted octanol–water partition coefficient (Wildman–Crippen LogP) is 1.97. The molecule has 0 aromatic carbocycles. The zero-order valence-corrected chi connectivity index (χ0v) is 5.76. The normalized spacial score (nSPS) is 13.0. The number of nitroso groups, excluding NO2 is 1. The molecule has 0 radical (unpaired) electrons. The summed E-state index contributed by atoms with van der Waals surface area (Å²) in [6.45, 7) is 1.75. The Morgan fingerprint density at radius 3 is 3.11 bits per heavy atom. The van der Waals surface area contributed by atoms with Crippen LogP contribution in [-0.2, 0) is 0 Å². The standard InChI is InChI=1S/C5H6N2OS/c1-4(7-8)5-2-6-3-9-5/h2-4H,1H3. The Morgan fingerprint density at radius 2 is 2.67 bits per heavy atom. The van der Waals surface area contributed by atoms with Gasteiger partial charge in [0, 0.05) is 6.20 Å². The van der Waals surface area contributed by atoms with Gasteiger partial charge in [0.2, 0.25) is 0 Å². The van der Waals surface area contributed by atoms with Gasteiger partial charge in [-0.25, -0.2) is 0 Å². The van der Waals surface area contributed by atoms with Crippen molar-refractivity contribution in [2.75, 3.05) is 0 Å². The van der Waals surface area contributed by atoms with E-state index >= 15 is 0 Å². The number of rotatable bonds is 2. The van der Waals surface area contributed by atoms with Gasteiger partial charge >= 0.3 is 0 Å². The Morgan fingerprint density at radius 1 is 1.89 bits per heavy atom. The minimum atomic E-state index is -0.238. The zero-order valence-electron chi connectivity index (χ0n) is 4.94. The Hall–Kier alpha value is -0.770. The van der Waals surface area contributed by atoms with Crippen LogP contribution in [-0.4, -0.2) is 4.98 Å². The van der Waals surface area contributed by atoms with Gasteiger partial charge in [-0.15, -0.1) is 11.3 Å². The summed E-state index contributed by atoms with van der Waals surface area (Å²) >= 11 is 1.45. The lowest BCUT2D eigenvalue weighted by atomic mass is 10.3. The molecule has 0 fully saturated rings. The molecule has 0 aliphatic heterocycles. The monoisotopic (exact) mass is 142 g/mol. The molecule has 0 aliphatic carbocycles. The van der Waals surface area contributed by atoms with E-state index in [2.05, 4.69) is 10.2 Å². The molecule has 1 atom stereocenters. The summed E-state index contributed by atoms with van der Waals surface area (Å²) in [6, 6.07) is -0.238. The van der Waals surface area contributed by atoms with E-state index in [0.717, 1.165) is 4.88 Å². The van der Waals surface area contributed by atoms with Gasteiger partial charge in [0.25, 0.3) is 0 Å². The van der Waals surface area contributed by atoms with Crippen molar-refractivity contribution in [3.05, 3.63) is 21.5 Å². The minimum Gasteiger partial charge on any atom is -0.253 e. The molecule has 3 nitrogen and oxygen atoms in total. The molecule has 0 bridgehead atoms. The number of thiazole rings is 1. The maximum absolute atomic E-state index is 9.93. The summed E-state index contributed by atoms with van der Waals surface area (Å²) in [5, 5.41) is 2.85. The largest absolute Gasteiger partial charge is 0.253 e. The molecule has 0 aliphatic rings. The fourth-order valence-electron chi connectivity index (χ4n) is 0.484. The third-order valence-electron chi connectivity index (χ3n) is 1.02.